The molecule has 0 radical (unpaired) electrons. The Morgan fingerprint density at radius 3 is 2.47 bits per heavy atom. The highest BCUT2D eigenvalue weighted by Crippen LogP contribution is 2.31. The molecule has 3 rings (SSSR count). The molecule has 30 heavy (non-hydrogen) atoms. The second-order valence-electron chi connectivity index (χ2n) is 6.15. The summed E-state index contributed by atoms with van der Waals surface area (Å²) in [7, 11) is 0. The zero-order valence-corrected chi connectivity index (χ0v) is 15.5. The monoisotopic (exact) mass is 405 g/mol. The van der Waals surface area contributed by atoms with E-state index in [-0.39, 0.29) is 16.8 Å². The third-order valence-electron chi connectivity index (χ3n) is 4.19. The summed E-state index contributed by atoms with van der Waals surface area (Å²) >= 11 is 0. The molecule has 9 nitrogen and oxygen atoms in total. The van der Waals surface area contributed by atoms with Crippen LogP contribution in [0.5, 0.6) is 17.2 Å². The van der Waals surface area contributed by atoms with Gasteiger partial charge in [-0.3, -0.25) is 9.59 Å². The number of aromatic nitrogens is 1. The molecule has 9 heteroatoms. The molecule has 3 aromatic rings. The van der Waals surface area contributed by atoms with Crippen molar-refractivity contribution in [1.29, 1.82) is 5.26 Å². The third-order valence-corrected chi connectivity index (χ3v) is 4.19. The lowest BCUT2D eigenvalue weighted by Crippen LogP contribution is -2.30. The number of carbonyl (C=O) groups excluding carboxylic acids is 2. The maximum atomic E-state index is 12.8. The van der Waals surface area contributed by atoms with Crippen LogP contribution in [0.3, 0.4) is 0 Å². The number of nitriles is 1. The third kappa shape index (κ3) is 4.34. The second-order valence-corrected chi connectivity index (χ2v) is 6.15. The molecule has 1 amide bonds. The number of ketones is 1. The maximum Gasteiger partial charge on any atom is 0.372 e. The molecule has 0 aliphatic carbocycles. The van der Waals surface area contributed by atoms with Crippen LogP contribution >= 0.6 is 0 Å². The number of ether oxygens (including phenoxy) is 1. The standard InChI is InChI=1S/C21H15N3O6/c22-12-24(9-8-17(25)21(28)29)20(27)19-16-10-14(30-13-4-2-1-3-5-13)6-7-15(16)18(26)11-23-19/h1-7,10-11,26H,8-9H2,(H,28,29). The molecule has 0 aliphatic rings. The second kappa shape index (κ2) is 8.70. The smallest absolute Gasteiger partial charge is 0.372 e. The number of rotatable bonds is 7. The van der Waals surface area contributed by atoms with Crippen molar-refractivity contribution in [3.8, 4) is 23.4 Å². The van der Waals surface area contributed by atoms with Gasteiger partial charge in [-0.05, 0) is 30.3 Å². The van der Waals surface area contributed by atoms with Gasteiger partial charge < -0.3 is 14.9 Å². The minimum Gasteiger partial charge on any atom is -0.506 e. The number of benzene rings is 2. The summed E-state index contributed by atoms with van der Waals surface area (Å²) in [4.78, 5) is 39.3. The van der Waals surface area contributed by atoms with E-state index >= 15 is 0 Å². The van der Waals surface area contributed by atoms with E-state index in [0.29, 0.717) is 21.8 Å². The quantitative estimate of drug-likeness (QED) is 0.347. The molecule has 0 unspecified atom stereocenters. The highest BCUT2D eigenvalue weighted by Gasteiger charge is 2.23. The van der Waals surface area contributed by atoms with Crippen LogP contribution < -0.4 is 4.74 Å². The molecular weight excluding hydrogens is 390 g/mol. The number of carbonyl (C=O) groups is 3. The fourth-order valence-corrected chi connectivity index (χ4v) is 2.71. The first-order valence-electron chi connectivity index (χ1n) is 8.73. The van der Waals surface area contributed by atoms with Crippen LogP contribution in [0, 0.1) is 11.5 Å². The van der Waals surface area contributed by atoms with Crippen LogP contribution in [0.4, 0.5) is 0 Å². The van der Waals surface area contributed by atoms with Gasteiger partial charge in [-0.2, -0.15) is 5.26 Å². The van der Waals surface area contributed by atoms with Gasteiger partial charge in [0, 0.05) is 23.7 Å². The first-order chi connectivity index (χ1) is 14.4. The fraction of sp³-hybridized carbons (Fsp3) is 0.0952. The highest BCUT2D eigenvalue weighted by molar-refractivity contribution is 6.32. The molecule has 2 N–H and O–H groups in total. The number of carboxylic acid groups (broad SMARTS) is 1. The molecule has 1 heterocycles. The Morgan fingerprint density at radius 2 is 1.80 bits per heavy atom. The molecular formula is C21H15N3O6. The molecule has 0 atom stereocenters. The lowest BCUT2D eigenvalue weighted by molar-refractivity contribution is -0.149. The Bertz CT molecular complexity index is 1170. The number of carboxylic acids is 1. The number of amides is 1. The van der Waals surface area contributed by atoms with E-state index in [1.807, 2.05) is 6.07 Å². The zero-order valence-electron chi connectivity index (χ0n) is 15.5. The highest BCUT2D eigenvalue weighted by atomic mass is 16.5. The number of Topliss-reactive ketones (excluding diaryl/α,β-unsaturated/α-hetero) is 1. The van der Waals surface area contributed by atoms with E-state index in [2.05, 4.69) is 4.98 Å². The molecule has 0 saturated heterocycles. The van der Waals surface area contributed by atoms with Crippen LogP contribution in [-0.4, -0.2) is 44.3 Å². The Labute approximate surface area is 170 Å². The van der Waals surface area contributed by atoms with E-state index in [1.165, 1.54) is 6.07 Å². The zero-order chi connectivity index (χ0) is 21.7. The topological polar surface area (TPSA) is 141 Å². The van der Waals surface area contributed by atoms with E-state index in [4.69, 9.17) is 9.84 Å². The van der Waals surface area contributed by atoms with Crippen molar-refractivity contribution >= 4 is 28.4 Å². The van der Waals surface area contributed by atoms with Gasteiger partial charge in [0.05, 0.1) is 6.20 Å². The van der Waals surface area contributed by atoms with Gasteiger partial charge in [0.2, 0.25) is 5.78 Å². The van der Waals surface area contributed by atoms with Gasteiger partial charge in [0.1, 0.15) is 22.9 Å². The summed E-state index contributed by atoms with van der Waals surface area (Å²) in [5.74, 6) is -2.83. The van der Waals surface area contributed by atoms with E-state index in [9.17, 15) is 24.8 Å². The van der Waals surface area contributed by atoms with E-state index in [1.54, 1.807) is 42.6 Å². The first-order valence-corrected chi connectivity index (χ1v) is 8.73. The van der Waals surface area contributed by atoms with Gasteiger partial charge in [-0.1, -0.05) is 18.2 Å². The summed E-state index contributed by atoms with van der Waals surface area (Å²) in [5, 5.41) is 28.6. The van der Waals surface area contributed by atoms with Crippen molar-refractivity contribution in [2.45, 2.75) is 6.42 Å². The van der Waals surface area contributed by atoms with Gasteiger partial charge >= 0.3 is 5.97 Å². The van der Waals surface area contributed by atoms with Crippen molar-refractivity contribution < 1.29 is 29.3 Å². The van der Waals surface area contributed by atoms with Crippen molar-refractivity contribution in [3.63, 3.8) is 0 Å². The average molecular weight is 405 g/mol. The number of hydrogen-bond acceptors (Lipinski definition) is 7. The minimum atomic E-state index is -1.64. The predicted octanol–water partition coefficient (Wildman–Crippen LogP) is 2.70. The van der Waals surface area contributed by atoms with Gasteiger partial charge in [-0.15, -0.1) is 0 Å². The lowest BCUT2D eigenvalue weighted by atomic mass is 10.1. The summed E-state index contributed by atoms with van der Waals surface area (Å²) in [6, 6.07) is 13.6. The average Bonchev–Trinajstić information content (AvgIpc) is 2.74. The molecule has 0 saturated carbocycles. The maximum absolute atomic E-state index is 12.8. The van der Waals surface area contributed by atoms with Crippen molar-refractivity contribution in [3.05, 3.63) is 60.4 Å². The molecule has 0 bridgehead atoms. The number of pyridine rings is 1. The molecule has 0 aliphatic heterocycles. The Balaban J connectivity index is 1.95. The summed E-state index contributed by atoms with van der Waals surface area (Å²) in [6.45, 7) is -0.412. The molecule has 0 fully saturated rings. The van der Waals surface area contributed by atoms with Crippen LogP contribution in [0.15, 0.2) is 54.7 Å². The summed E-state index contributed by atoms with van der Waals surface area (Å²) < 4.78 is 5.74. The van der Waals surface area contributed by atoms with Crippen LogP contribution in [-0.2, 0) is 9.59 Å². The first kappa shape index (κ1) is 20.3. The van der Waals surface area contributed by atoms with Crippen molar-refractivity contribution in [2.75, 3.05) is 6.54 Å². The lowest BCUT2D eigenvalue weighted by Gasteiger charge is -2.15. The van der Waals surface area contributed by atoms with Crippen LogP contribution in [0.25, 0.3) is 10.8 Å². The number of aliphatic carboxylic acids is 1. The van der Waals surface area contributed by atoms with Gasteiger partial charge in [-0.25, -0.2) is 14.7 Å². The number of para-hydroxylation sites is 1. The van der Waals surface area contributed by atoms with Crippen LogP contribution in [0.2, 0.25) is 0 Å². The molecule has 1 aromatic heterocycles. The number of aromatic hydroxyl groups is 1. The number of fused-ring (bicyclic) bond motifs is 1. The van der Waals surface area contributed by atoms with Crippen LogP contribution in [0.1, 0.15) is 16.9 Å². The molecule has 150 valence electrons. The SMILES string of the molecule is N#CN(CCC(=O)C(=O)O)C(=O)c1ncc(O)c2ccc(Oc3ccccc3)cc12. The Kier molecular flexibility index (Phi) is 5.89. The van der Waals surface area contributed by atoms with Crippen molar-refractivity contribution in [1.82, 2.24) is 9.88 Å². The normalized spacial score (nSPS) is 10.2. The fourth-order valence-electron chi connectivity index (χ4n) is 2.71. The van der Waals surface area contributed by atoms with Gasteiger partial charge in [0.15, 0.2) is 6.19 Å². The van der Waals surface area contributed by atoms with Crippen molar-refractivity contribution in [2.24, 2.45) is 0 Å². The number of nitrogens with zero attached hydrogens (tertiary/aromatic N) is 3. The van der Waals surface area contributed by atoms with E-state index in [0.717, 1.165) is 6.20 Å². The van der Waals surface area contributed by atoms with E-state index < -0.39 is 30.6 Å². The minimum absolute atomic E-state index is 0.148. The summed E-state index contributed by atoms with van der Waals surface area (Å²) in [6.07, 6.45) is 2.19. The Hall–Kier alpha value is -4.45. The molecule has 2 aromatic carbocycles. The number of hydrogen-bond donors (Lipinski definition) is 2. The molecule has 0 spiro atoms. The largest absolute Gasteiger partial charge is 0.506 e. The van der Waals surface area contributed by atoms with Gasteiger partial charge in [0.25, 0.3) is 5.91 Å². The predicted molar refractivity (Wildman–Crippen MR) is 104 cm³/mol. The summed E-state index contributed by atoms with van der Waals surface area (Å²) in [5.41, 5.74) is -0.148. The Morgan fingerprint density at radius 1 is 1.07 bits per heavy atom.